The van der Waals surface area contributed by atoms with Gasteiger partial charge >= 0.3 is 0 Å². The third-order valence-corrected chi connectivity index (χ3v) is 5.70. The number of likely N-dealkylation sites (N-methyl/N-ethyl adjacent to an activating group) is 1. The summed E-state index contributed by atoms with van der Waals surface area (Å²) in [7, 11) is 3.18. The fourth-order valence-electron chi connectivity index (χ4n) is 2.67. The maximum absolute atomic E-state index is 12.9. The molecule has 2 aromatic rings. The third-order valence-electron chi connectivity index (χ3n) is 4.37. The van der Waals surface area contributed by atoms with Crippen molar-refractivity contribution in [1.82, 2.24) is 10.2 Å². The Morgan fingerprint density at radius 2 is 1.86 bits per heavy atom. The number of thioether (sulfide) groups is 1. The molecular weight excluding hydrogens is 396 g/mol. The first-order valence-electron chi connectivity index (χ1n) is 8.91. The summed E-state index contributed by atoms with van der Waals surface area (Å²) in [5, 5.41) is 3.31. The van der Waals surface area contributed by atoms with Gasteiger partial charge in [0.25, 0.3) is 0 Å². The van der Waals surface area contributed by atoms with E-state index in [0.29, 0.717) is 17.3 Å². The van der Waals surface area contributed by atoms with E-state index in [1.165, 1.54) is 11.8 Å². The van der Waals surface area contributed by atoms with Crippen molar-refractivity contribution in [1.29, 1.82) is 0 Å². The second-order valence-electron chi connectivity index (χ2n) is 6.24. The number of carbonyl (C=O) groups excluding carboxylic acids is 2. The monoisotopic (exact) mass is 420 g/mol. The van der Waals surface area contributed by atoms with E-state index in [0.717, 1.165) is 16.9 Å². The number of hydrogen-bond donors (Lipinski definition) is 1. The van der Waals surface area contributed by atoms with Crippen molar-refractivity contribution in [3.8, 4) is 5.75 Å². The SMILES string of the molecule is CNC(=O)[C@H](C)N(Cc1ccc(OC)cc1)C(=O)CSCc1ccccc1Cl. The van der Waals surface area contributed by atoms with Crippen molar-refractivity contribution in [3.63, 3.8) is 0 Å². The van der Waals surface area contributed by atoms with Crippen LogP contribution in [0.2, 0.25) is 5.02 Å². The van der Waals surface area contributed by atoms with E-state index in [-0.39, 0.29) is 17.6 Å². The lowest BCUT2D eigenvalue weighted by Crippen LogP contribution is -2.47. The van der Waals surface area contributed by atoms with Gasteiger partial charge in [0.15, 0.2) is 0 Å². The number of ether oxygens (including phenoxy) is 1. The van der Waals surface area contributed by atoms with Crippen LogP contribution in [-0.2, 0) is 21.9 Å². The molecule has 1 N–H and O–H groups in total. The fraction of sp³-hybridized carbons (Fsp3) is 0.333. The highest BCUT2D eigenvalue weighted by atomic mass is 35.5. The highest BCUT2D eigenvalue weighted by Gasteiger charge is 2.25. The third kappa shape index (κ3) is 6.17. The highest BCUT2D eigenvalue weighted by Crippen LogP contribution is 2.22. The lowest BCUT2D eigenvalue weighted by atomic mass is 10.1. The Hall–Kier alpha value is -2.18. The Labute approximate surface area is 175 Å². The number of carbonyl (C=O) groups is 2. The van der Waals surface area contributed by atoms with Crippen LogP contribution in [0.3, 0.4) is 0 Å². The molecule has 0 fully saturated rings. The molecule has 1 atom stereocenters. The number of amides is 2. The summed E-state index contributed by atoms with van der Waals surface area (Å²) in [6.45, 7) is 2.09. The van der Waals surface area contributed by atoms with Gasteiger partial charge in [-0.05, 0) is 36.2 Å². The van der Waals surface area contributed by atoms with Crippen molar-refractivity contribution in [2.75, 3.05) is 19.9 Å². The summed E-state index contributed by atoms with van der Waals surface area (Å²) < 4.78 is 5.17. The number of benzene rings is 2. The van der Waals surface area contributed by atoms with Gasteiger partial charge in [-0.3, -0.25) is 9.59 Å². The number of hydrogen-bond acceptors (Lipinski definition) is 4. The second-order valence-corrected chi connectivity index (χ2v) is 7.64. The Kier molecular flexibility index (Phi) is 8.67. The summed E-state index contributed by atoms with van der Waals surface area (Å²) in [6, 6.07) is 14.5. The van der Waals surface area contributed by atoms with Crippen molar-refractivity contribution < 1.29 is 14.3 Å². The maximum atomic E-state index is 12.9. The quantitative estimate of drug-likeness (QED) is 0.671. The summed E-state index contributed by atoms with van der Waals surface area (Å²) in [5.41, 5.74) is 1.92. The Morgan fingerprint density at radius 1 is 1.18 bits per heavy atom. The largest absolute Gasteiger partial charge is 0.497 e. The van der Waals surface area contributed by atoms with Crippen LogP contribution in [0.15, 0.2) is 48.5 Å². The van der Waals surface area contributed by atoms with Crippen molar-refractivity contribution >= 4 is 35.2 Å². The van der Waals surface area contributed by atoms with Crippen LogP contribution in [-0.4, -0.2) is 42.7 Å². The van der Waals surface area contributed by atoms with Crippen LogP contribution in [0, 0.1) is 0 Å². The normalized spacial score (nSPS) is 11.6. The average molecular weight is 421 g/mol. The van der Waals surface area contributed by atoms with Gasteiger partial charge in [0, 0.05) is 24.4 Å². The van der Waals surface area contributed by atoms with Crippen LogP contribution >= 0.6 is 23.4 Å². The molecule has 0 unspecified atom stereocenters. The van der Waals surface area contributed by atoms with E-state index in [1.807, 2.05) is 48.5 Å². The lowest BCUT2D eigenvalue weighted by Gasteiger charge is -2.28. The first-order valence-corrected chi connectivity index (χ1v) is 10.4. The Morgan fingerprint density at radius 3 is 2.46 bits per heavy atom. The average Bonchev–Trinajstić information content (AvgIpc) is 2.72. The summed E-state index contributed by atoms with van der Waals surface area (Å²) in [6.07, 6.45) is 0. The van der Waals surface area contributed by atoms with E-state index >= 15 is 0 Å². The minimum absolute atomic E-state index is 0.0935. The van der Waals surface area contributed by atoms with Gasteiger partial charge in [-0.2, -0.15) is 0 Å². The summed E-state index contributed by atoms with van der Waals surface area (Å²) in [4.78, 5) is 26.6. The number of rotatable bonds is 9. The molecule has 2 aromatic carbocycles. The van der Waals surface area contributed by atoms with Gasteiger partial charge < -0.3 is 15.0 Å². The molecule has 0 aliphatic heterocycles. The van der Waals surface area contributed by atoms with E-state index in [9.17, 15) is 9.59 Å². The zero-order valence-corrected chi connectivity index (χ0v) is 17.8. The topological polar surface area (TPSA) is 58.6 Å². The van der Waals surface area contributed by atoms with Crippen LogP contribution in [0.5, 0.6) is 5.75 Å². The molecule has 28 heavy (non-hydrogen) atoms. The van der Waals surface area contributed by atoms with Crippen molar-refractivity contribution in [2.24, 2.45) is 0 Å². The minimum Gasteiger partial charge on any atom is -0.497 e. The van der Waals surface area contributed by atoms with Crippen molar-refractivity contribution in [3.05, 3.63) is 64.7 Å². The predicted molar refractivity (Wildman–Crippen MR) is 115 cm³/mol. The molecule has 150 valence electrons. The molecular formula is C21H25ClN2O3S. The zero-order chi connectivity index (χ0) is 20.5. The molecule has 0 bridgehead atoms. The van der Waals surface area contributed by atoms with Gasteiger partial charge in [0.2, 0.25) is 11.8 Å². The van der Waals surface area contributed by atoms with Crippen molar-refractivity contribution in [2.45, 2.75) is 25.3 Å². The van der Waals surface area contributed by atoms with Gasteiger partial charge in [-0.15, -0.1) is 11.8 Å². The van der Waals surface area contributed by atoms with Crippen LogP contribution < -0.4 is 10.1 Å². The van der Waals surface area contributed by atoms with E-state index in [2.05, 4.69) is 5.32 Å². The molecule has 0 heterocycles. The Bertz CT molecular complexity index is 798. The smallest absolute Gasteiger partial charge is 0.242 e. The Balaban J connectivity index is 2.05. The summed E-state index contributed by atoms with van der Waals surface area (Å²) >= 11 is 7.66. The van der Waals surface area contributed by atoms with Gasteiger partial charge in [-0.1, -0.05) is 41.9 Å². The van der Waals surface area contributed by atoms with E-state index < -0.39 is 6.04 Å². The number of nitrogens with one attached hydrogen (secondary N) is 1. The van der Waals surface area contributed by atoms with Crippen LogP contribution in [0.25, 0.3) is 0 Å². The maximum Gasteiger partial charge on any atom is 0.242 e. The molecule has 0 radical (unpaired) electrons. The van der Waals surface area contributed by atoms with Gasteiger partial charge in [0.1, 0.15) is 11.8 Å². The minimum atomic E-state index is -0.569. The number of methoxy groups -OCH3 is 1. The molecule has 5 nitrogen and oxygen atoms in total. The van der Waals surface area contributed by atoms with Gasteiger partial charge in [0.05, 0.1) is 12.9 Å². The molecule has 2 rings (SSSR count). The first kappa shape index (κ1) is 22.1. The lowest BCUT2D eigenvalue weighted by molar-refractivity contribution is -0.138. The fourth-order valence-corrected chi connectivity index (χ4v) is 3.86. The first-order chi connectivity index (χ1) is 13.5. The van der Waals surface area contributed by atoms with E-state index in [4.69, 9.17) is 16.3 Å². The highest BCUT2D eigenvalue weighted by molar-refractivity contribution is 7.99. The van der Waals surface area contributed by atoms with Crippen LogP contribution in [0.4, 0.5) is 0 Å². The predicted octanol–water partition coefficient (Wildman–Crippen LogP) is 3.75. The molecule has 0 aliphatic carbocycles. The molecule has 0 spiro atoms. The van der Waals surface area contributed by atoms with E-state index in [1.54, 1.807) is 26.0 Å². The molecule has 2 amide bonds. The molecule has 0 saturated carbocycles. The molecule has 0 aliphatic rings. The molecule has 7 heteroatoms. The second kappa shape index (κ2) is 11.0. The van der Waals surface area contributed by atoms with Crippen LogP contribution in [0.1, 0.15) is 18.1 Å². The standard InChI is InChI=1S/C21H25ClN2O3S/c1-15(21(26)23-2)24(12-16-8-10-18(27-3)11-9-16)20(25)14-28-13-17-6-4-5-7-19(17)22/h4-11,15H,12-14H2,1-3H3,(H,23,26)/t15-/m0/s1. The molecule has 0 aromatic heterocycles. The zero-order valence-electron chi connectivity index (χ0n) is 16.3. The summed E-state index contributed by atoms with van der Waals surface area (Å²) in [5.74, 6) is 1.36. The molecule has 0 saturated heterocycles. The number of halogens is 1. The number of nitrogens with zero attached hydrogens (tertiary/aromatic N) is 1. The van der Waals surface area contributed by atoms with Gasteiger partial charge in [-0.25, -0.2) is 0 Å².